The van der Waals surface area contributed by atoms with E-state index in [1.165, 1.54) is 18.7 Å². The molecular formula is C39H62Cl3N9O10. The molecule has 0 unspecified atom stereocenters. The van der Waals surface area contributed by atoms with E-state index in [0.29, 0.717) is 37.9 Å². The highest BCUT2D eigenvalue weighted by Crippen LogP contribution is 2.20. The summed E-state index contributed by atoms with van der Waals surface area (Å²) in [6, 6.07) is 12.5. The van der Waals surface area contributed by atoms with Gasteiger partial charge >= 0.3 is 0 Å². The van der Waals surface area contributed by atoms with Crippen molar-refractivity contribution >= 4 is 77.5 Å². The molecule has 0 saturated carbocycles. The number of fused-ring (bicyclic) bond motifs is 1. The number of hydrogen-bond acceptors (Lipinski definition) is 9. The fourth-order valence-corrected chi connectivity index (χ4v) is 6.20. The quantitative estimate of drug-likeness (QED) is 0.0493. The van der Waals surface area contributed by atoms with E-state index in [-0.39, 0.29) is 83.4 Å². The molecule has 18 N–H and O–H groups in total. The molecule has 2 aromatic carbocycles. The number of nitrogens with two attached hydrogens (primary N) is 2. The van der Waals surface area contributed by atoms with Crippen LogP contribution < -0.4 is 32.7 Å². The van der Waals surface area contributed by atoms with Crippen molar-refractivity contribution in [1.29, 1.82) is 0 Å². The SMILES string of the molecule is CC(C)C[C@H](NC(=O)[C@H](Cc1c[nH]cn1)NC(=O)[C@H](Cc1cccc2ccccc12)NC(=O)c1cccnc1)[C@@H](O)CC(=O)N[C@@H](CCCCN)C(N)=O.Cl.Cl.Cl.O.O.O.O. The Morgan fingerprint density at radius 2 is 1.44 bits per heavy atom. The number of aromatic amines is 1. The molecule has 344 valence electrons. The van der Waals surface area contributed by atoms with Gasteiger partial charge in [0.1, 0.15) is 18.1 Å². The number of H-pyrrole nitrogens is 1. The lowest BCUT2D eigenvalue weighted by molar-refractivity contribution is -0.132. The monoisotopic (exact) mass is 921 g/mol. The molecule has 5 amide bonds. The maximum atomic E-state index is 14.2. The topological polar surface area (TPSA) is 373 Å². The van der Waals surface area contributed by atoms with E-state index in [9.17, 15) is 29.1 Å². The summed E-state index contributed by atoms with van der Waals surface area (Å²) in [4.78, 5) is 77.6. The van der Waals surface area contributed by atoms with E-state index in [1.54, 1.807) is 18.3 Å². The average Bonchev–Trinajstić information content (AvgIpc) is 3.67. The third kappa shape index (κ3) is 20.0. The summed E-state index contributed by atoms with van der Waals surface area (Å²) in [5.41, 5.74) is 12.6. The van der Waals surface area contributed by atoms with Crippen molar-refractivity contribution in [2.45, 2.75) is 89.1 Å². The number of carbonyl (C=O) groups excluding carboxylic acids is 5. The maximum Gasteiger partial charge on any atom is 0.253 e. The highest BCUT2D eigenvalue weighted by molar-refractivity contribution is 5.99. The van der Waals surface area contributed by atoms with Gasteiger partial charge in [0.15, 0.2) is 0 Å². The highest BCUT2D eigenvalue weighted by Gasteiger charge is 2.32. The van der Waals surface area contributed by atoms with Gasteiger partial charge in [0.25, 0.3) is 5.91 Å². The number of halogens is 3. The molecule has 5 atom stereocenters. The second kappa shape index (κ2) is 31.8. The molecule has 4 aromatic rings. The van der Waals surface area contributed by atoms with Crippen LogP contribution in [0, 0.1) is 5.92 Å². The number of amides is 5. The minimum atomic E-state index is -1.34. The Morgan fingerprint density at radius 1 is 0.787 bits per heavy atom. The summed E-state index contributed by atoms with van der Waals surface area (Å²) in [5, 5.41) is 24.2. The van der Waals surface area contributed by atoms with Gasteiger partial charge in [0.05, 0.1) is 36.2 Å². The van der Waals surface area contributed by atoms with Gasteiger partial charge < -0.3 is 64.7 Å². The zero-order valence-electron chi connectivity index (χ0n) is 33.9. The van der Waals surface area contributed by atoms with Gasteiger partial charge in [0, 0.05) is 31.4 Å². The van der Waals surface area contributed by atoms with Crippen molar-refractivity contribution in [2.24, 2.45) is 17.4 Å². The third-order valence-corrected chi connectivity index (χ3v) is 8.99. The standard InChI is InChI=1S/C39H51N9O6.3ClH.4H2O/c1-24(2)17-31(34(49)20-35(50)45-30(36(41)51)14-5-6-15-40)46-39(54)33(19-28-22-43-23-44-28)48-38(53)32(47-37(52)27-12-8-16-42-21-27)18-26-11-7-10-25-9-3-4-13-29(25)26;;;;;;;/h3-4,7-13,16,21-24,30-34,49H,5-6,14-15,17-20,40H2,1-2H3,(H2,41,51)(H,43,44)(H,45,50)(H,46,54)(H,47,52)(H,48,53);3*1H;4*1H2/t30-,31-,32-,33-,34-;;;;;;;/m0......./s1. The summed E-state index contributed by atoms with van der Waals surface area (Å²) in [6.45, 7) is 4.23. The van der Waals surface area contributed by atoms with Gasteiger partial charge in [-0.25, -0.2) is 4.98 Å². The predicted octanol–water partition coefficient (Wildman–Crippen LogP) is -0.626. The largest absolute Gasteiger partial charge is 0.412 e. The molecule has 4 rings (SSSR count). The number of carbonyl (C=O) groups is 5. The summed E-state index contributed by atoms with van der Waals surface area (Å²) in [6.07, 6.45) is 6.14. The van der Waals surface area contributed by atoms with Crippen molar-refractivity contribution in [3.05, 3.63) is 96.3 Å². The van der Waals surface area contributed by atoms with Crippen LogP contribution in [-0.4, -0.2) is 108 Å². The lowest BCUT2D eigenvalue weighted by Crippen LogP contribution is -2.57. The van der Waals surface area contributed by atoms with Gasteiger partial charge in [-0.3, -0.25) is 29.0 Å². The van der Waals surface area contributed by atoms with Gasteiger partial charge in [-0.1, -0.05) is 56.3 Å². The predicted molar refractivity (Wildman–Crippen MR) is 240 cm³/mol. The number of aromatic nitrogens is 3. The second-order valence-corrected chi connectivity index (χ2v) is 13.8. The van der Waals surface area contributed by atoms with Crippen LogP contribution in [0.5, 0.6) is 0 Å². The van der Waals surface area contributed by atoms with Crippen molar-refractivity contribution in [2.75, 3.05) is 6.54 Å². The Bertz CT molecular complexity index is 1860. The number of nitrogens with zero attached hydrogens (tertiary/aromatic N) is 2. The molecule has 0 aliphatic carbocycles. The Kier molecular flexibility index (Phi) is 32.7. The fourth-order valence-electron chi connectivity index (χ4n) is 6.20. The van der Waals surface area contributed by atoms with Gasteiger partial charge in [-0.15, -0.1) is 37.2 Å². The van der Waals surface area contributed by atoms with Gasteiger partial charge in [-0.2, -0.15) is 0 Å². The number of nitrogens with one attached hydrogen (secondary N) is 5. The van der Waals surface area contributed by atoms with E-state index >= 15 is 0 Å². The van der Waals surface area contributed by atoms with Crippen LogP contribution in [0.1, 0.15) is 67.6 Å². The Hall–Kier alpha value is -4.96. The van der Waals surface area contributed by atoms with Crippen LogP contribution in [0.2, 0.25) is 0 Å². The van der Waals surface area contributed by atoms with E-state index in [4.69, 9.17) is 11.5 Å². The van der Waals surface area contributed by atoms with Crippen LogP contribution in [0.25, 0.3) is 10.8 Å². The number of aliphatic hydroxyl groups is 1. The molecule has 0 aliphatic rings. The first-order valence-electron chi connectivity index (χ1n) is 18.2. The first-order chi connectivity index (χ1) is 25.9. The average molecular weight is 923 g/mol. The van der Waals surface area contributed by atoms with Gasteiger partial charge in [0.2, 0.25) is 23.6 Å². The summed E-state index contributed by atoms with van der Waals surface area (Å²) >= 11 is 0. The van der Waals surface area contributed by atoms with Crippen molar-refractivity contribution in [1.82, 2.24) is 36.2 Å². The van der Waals surface area contributed by atoms with Crippen LogP contribution >= 0.6 is 37.2 Å². The molecule has 0 radical (unpaired) electrons. The molecule has 0 saturated heterocycles. The number of aliphatic hydroxyl groups excluding tert-OH is 1. The van der Waals surface area contributed by atoms with Crippen LogP contribution in [-0.2, 0) is 32.0 Å². The number of rotatable bonds is 21. The molecule has 2 aromatic heterocycles. The molecule has 0 spiro atoms. The Morgan fingerprint density at radius 3 is 2.05 bits per heavy atom. The number of primary amides is 1. The molecule has 0 fully saturated rings. The minimum absolute atomic E-state index is 0. The normalized spacial score (nSPS) is 12.4. The molecule has 19 nitrogen and oxygen atoms in total. The number of benzene rings is 2. The van der Waals surface area contributed by atoms with Crippen LogP contribution in [0.4, 0.5) is 0 Å². The number of unbranched alkanes of at least 4 members (excludes halogenated alkanes) is 1. The lowest BCUT2D eigenvalue weighted by Gasteiger charge is -2.29. The lowest BCUT2D eigenvalue weighted by atomic mass is 9.96. The molecule has 22 heteroatoms. The van der Waals surface area contributed by atoms with Crippen molar-refractivity contribution in [3.63, 3.8) is 0 Å². The Labute approximate surface area is 372 Å². The molecule has 0 aliphatic heterocycles. The van der Waals surface area contributed by atoms with E-state index in [1.807, 2.05) is 56.3 Å². The summed E-state index contributed by atoms with van der Waals surface area (Å²) in [7, 11) is 0. The van der Waals surface area contributed by atoms with Gasteiger partial charge in [-0.05, 0) is 66.6 Å². The number of hydrogen-bond donors (Lipinski definition) is 8. The zero-order chi connectivity index (χ0) is 39.0. The van der Waals surface area contributed by atoms with E-state index in [2.05, 4.69) is 36.2 Å². The van der Waals surface area contributed by atoms with Crippen molar-refractivity contribution in [3.8, 4) is 0 Å². The van der Waals surface area contributed by atoms with Crippen molar-refractivity contribution < 1.29 is 51.0 Å². The molecular weight excluding hydrogens is 861 g/mol. The highest BCUT2D eigenvalue weighted by atomic mass is 35.5. The first-order valence-corrected chi connectivity index (χ1v) is 18.2. The van der Waals surface area contributed by atoms with E-state index < -0.39 is 66.2 Å². The number of pyridine rings is 1. The molecule has 2 heterocycles. The third-order valence-electron chi connectivity index (χ3n) is 8.99. The second-order valence-electron chi connectivity index (χ2n) is 13.8. The molecule has 61 heavy (non-hydrogen) atoms. The summed E-state index contributed by atoms with van der Waals surface area (Å²) in [5.74, 6) is -3.08. The van der Waals surface area contributed by atoms with Crippen LogP contribution in [0.15, 0.2) is 79.5 Å². The first kappa shape index (κ1) is 62.7. The maximum absolute atomic E-state index is 14.2. The smallest absolute Gasteiger partial charge is 0.253 e. The van der Waals surface area contributed by atoms with E-state index in [0.717, 1.165) is 16.3 Å². The zero-order valence-corrected chi connectivity index (χ0v) is 36.3. The summed E-state index contributed by atoms with van der Waals surface area (Å²) < 4.78 is 0. The molecule has 0 bridgehead atoms. The number of imidazole rings is 1. The fraction of sp³-hybridized carbons (Fsp3) is 0.410. The minimum Gasteiger partial charge on any atom is -0.412 e. The Balaban J connectivity index is -0.00000232. The van der Waals surface area contributed by atoms with Crippen LogP contribution in [0.3, 0.4) is 0 Å².